The third kappa shape index (κ3) is 7.13. The molecule has 0 heterocycles. The van der Waals surface area contributed by atoms with Crippen molar-refractivity contribution in [1.82, 2.24) is 4.31 Å². The fourth-order valence-corrected chi connectivity index (χ4v) is 2.99. The maximum absolute atomic E-state index is 12.6. The summed E-state index contributed by atoms with van der Waals surface area (Å²) in [6.07, 6.45) is 1.26. The van der Waals surface area contributed by atoms with Gasteiger partial charge in [-0.1, -0.05) is 44.2 Å². The highest BCUT2D eigenvalue weighted by molar-refractivity contribution is 7.88. The number of benzene rings is 1. The van der Waals surface area contributed by atoms with Crippen LogP contribution in [0.25, 0.3) is 0 Å². The lowest BCUT2D eigenvalue weighted by atomic mass is 9.85. The average Bonchev–Trinajstić information content (AvgIpc) is 2.55. The molecule has 2 atom stereocenters. The van der Waals surface area contributed by atoms with E-state index in [2.05, 4.69) is 0 Å². The van der Waals surface area contributed by atoms with E-state index in [0.29, 0.717) is 0 Å². The molecule has 146 valence electrons. The number of esters is 1. The molecule has 0 bridgehead atoms. The summed E-state index contributed by atoms with van der Waals surface area (Å²) in [4.78, 5) is 24.3. The van der Waals surface area contributed by atoms with Crippen molar-refractivity contribution in [3.8, 4) is 0 Å². The molecule has 0 aliphatic carbocycles. The number of carbonyl (C=O) groups excluding carboxylic acids is 1. The quantitative estimate of drug-likeness (QED) is 0.618. The van der Waals surface area contributed by atoms with Crippen molar-refractivity contribution in [3.05, 3.63) is 35.9 Å². The standard InChI is InChI=1S/C18H27NO6S/c1-13(2)10-15(17(20)21)16(11-19(3)26(4,23)24)18(22)25-12-14-8-6-5-7-9-14/h5-9,13,15-16H,10-12H2,1-4H3,(H,20,21)/t15-,16+/m1/s1. The van der Waals surface area contributed by atoms with Crippen LogP contribution in [0.2, 0.25) is 0 Å². The Labute approximate surface area is 155 Å². The molecular formula is C18H27NO6S. The van der Waals surface area contributed by atoms with Gasteiger partial charge in [-0.3, -0.25) is 9.59 Å². The maximum Gasteiger partial charge on any atom is 0.311 e. The van der Waals surface area contributed by atoms with Gasteiger partial charge in [0.15, 0.2) is 0 Å². The first-order chi connectivity index (χ1) is 12.0. The molecule has 1 aromatic carbocycles. The van der Waals surface area contributed by atoms with Crippen LogP contribution in [0.1, 0.15) is 25.8 Å². The average molecular weight is 385 g/mol. The molecule has 0 saturated heterocycles. The summed E-state index contributed by atoms with van der Waals surface area (Å²) < 4.78 is 29.7. The van der Waals surface area contributed by atoms with Gasteiger partial charge < -0.3 is 9.84 Å². The SMILES string of the molecule is CC(C)C[C@@H](C(=O)O)[C@H](CN(C)S(C)(=O)=O)C(=O)OCc1ccccc1. The highest BCUT2D eigenvalue weighted by Gasteiger charge is 2.37. The van der Waals surface area contributed by atoms with E-state index in [4.69, 9.17) is 4.74 Å². The normalized spacial score (nSPS) is 14.2. The third-order valence-corrected chi connectivity index (χ3v) is 5.36. The largest absolute Gasteiger partial charge is 0.481 e. The second kappa shape index (κ2) is 9.68. The Kier molecular flexibility index (Phi) is 8.23. The van der Waals surface area contributed by atoms with Gasteiger partial charge in [0.1, 0.15) is 6.61 Å². The molecule has 0 unspecified atom stereocenters. The number of hydrogen-bond donors (Lipinski definition) is 1. The molecule has 26 heavy (non-hydrogen) atoms. The first kappa shape index (κ1) is 22.1. The minimum atomic E-state index is -3.55. The first-order valence-electron chi connectivity index (χ1n) is 8.37. The van der Waals surface area contributed by atoms with E-state index in [1.54, 1.807) is 24.3 Å². The lowest BCUT2D eigenvalue weighted by molar-refractivity contribution is -0.159. The number of carboxylic acid groups (broad SMARTS) is 1. The second-order valence-corrected chi connectivity index (χ2v) is 8.91. The van der Waals surface area contributed by atoms with Crippen LogP contribution in [0, 0.1) is 17.8 Å². The molecule has 0 aliphatic rings. The van der Waals surface area contributed by atoms with Crippen molar-refractivity contribution in [2.45, 2.75) is 26.9 Å². The molecule has 1 N–H and O–H groups in total. The molecule has 8 heteroatoms. The van der Waals surface area contributed by atoms with Crippen molar-refractivity contribution >= 4 is 22.0 Å². The van der Waals surface area contributed by atoms with Gasteiger partial charge in [-0.15, -0.1) is 0 Å². The Morgan fingerprint density at radius 1 is 1.15 bits per heavy atom. The maximum atomic E-state index is 12.6. The molecule has 0 radical (unpaired) electrons. The third-order valence-electron chi connectivity index (χ3n) is 4.07. The van der Waals surface area contributed by atoms with E-state index in [9.17, 15) is 23.1 Å². The second-order valence-electron chi connectivity index (χ2n) is 6.82. The zero-order valence-corrected chi connectivity index (χ0v) is 16.4. The monoisotopic (exact) mass is 385 g/mol. The van der Waals surface area contributed by atoms with Crippen molar-refractivity contribution in [3.63, 3.8) is 0 Å². The van der Waals surface area contributed by atoms with Gasteiger partial charge in [0, 0.05) is 13.6 Å². The number of aliphatic carboxylic acids is 1. The minimum Gasteiger partial charge on any atom is -0.481 e. The summed E-state index contributed by atoms with van der Waals surface area (Å²) in [5.74, 6) is -3.93. The number of sulfonamides is 1. The van der Waals surface area contributed by atoms with E-state index in [0.717, 1.165) is 16.1 Å². The van der Waals surface area contributed by atoms with Crippen LogP contribution < -0.4 is 0 Å². The zero-order valence-electron chi connectivity index (χ0n) is 15.6. The van der Waals surface area contributed by atoms with Crippen molar-refractivity contribution in [2.24, 2.45) is 17.8 Å². The highest BCUT2D eigenvalue weighted by Crippen LogP contribution is 2.24. The molecule has 7 nitrogen and oxygen atoms in total. The van der Waals surface area contributed by atoms with E-state index < -0.39 is 33.8 Å². The smallest absolute Gasteiger partial charge is 0.311 e. The Morgan fingerprint density at radius 3 is 2.19 bits per heavy atom. The molecule has 0 aromatic heterocycles. The summed E-state index contributed by atoms with van der Waals surface area (Å²) in [6, 6.07) is 9.01. The van der Waals surface area contributed by atoms with E-state index >= 15 is 0 Å². The van der Waals surface area contributed by atoms with Gasteiger partial charge in [0.2, 0.25) is 10.0 Å². The van der Waals surface area contributed by atoms with Gasteiger partial charge >= 0.3 is 11.9 Å². The Morgan fingerprint density at radius 2 is 1.73 bits per heavy atom. The molecule has 1 aromatic rings. The van der Waals surface area contributed by atoms with Crippen molar-refractivity contribution < 1.29 is 27.9 Å². The molecule has 0 spiro atoms. The van der Waals surface area contributed by atoms with E-state index in [1.807, 2.05) is 19.9 Å². The van der Waals surface area contributed by atoms with E-state index in [-0.39, 0.29) is 25.5 Å². The van der Waals surface area contributed by atoms with Gasteiger partial charge in [-0.2, -0.15) is 0 Å². The summed E-state index contributed by atoms with van der Waals surface area (Å²) >= 11 is 0. The Balaban J connectivity index is 3.00. The molecule has 0 fully saturated rings. The van der Waals surface area contributed by atoms with Gasteiger partial charge in [0.05, 0.1) is 18.1 Å². The fraction of sp³-hybridized carbons (Fsp3) is 0.556. The number of rotatable bonds is 10. The number of carboxylic acids is 1. The lowest BCUT2D eigenvalue weighted by Crippen LogP contribution is -2.41. The molecule has 1 rings (SSSR count). The summed E-state index contributed by atoms with van der Waals surface area (Å²) in [7, 11) is -2.23. The Bertz CT molecular complexity index is 702. The molecule has 0 saturated carbocycles. The summed E-state index contributed by atoms with van der Waals surface area (Å²) in [5, 5.41) is 9.57. The number of ether oxygens (including phenoxy) is 1. The zero-order chi connectivity index (χ0) is 19.9. The summed E-state index contributed by atoms with van der Waals surface area (Å²) in [5.41, 5.74) is 0.770. The van der Waals surface area contributed by atoms with Crippen LogP contribution >= 0.6 is 0 Å². The topological polar surface area (TPSA) is 101 Å². The van der Waals surface area contributed by atoms with Crippen molar-refractivity contribution in [2.75, 3.05) is 19.8 Å². The van der Waals surface area contributed by atoms with Crippen molar-refractivity contribution in [1.29, 1.82) is 0 Å². The number of hydrogen-bond acceptors (Lipinski definition) is 5. The van der Waals surface area contributed by atoms with Gasteiger partial charge in [-0.05, 0) is 17.9 Å². The highest BCUT2D eigenvalue weighted by atomic mass is 32.2. The van der Waals surface area contributed by atoms with Gasteiger partial charge in [0.25, 0.3) is 0 Å². The van der Waals surface area contributed by atoms with E-state index in [1.165, 1.54) is 7.05 Å². The Hall–Kier alpha value is -1.93. The summed E-state index contributed by atoms with van der Waals surface area (Å²) in [6.45, 7) is 3.47. The minimum absolute atomic E-state index is 0.00673. The molecular weight excluding hydrogens is 358 g/mol. The predicted octanol–water partition coefficient (Wildman–Crippen LogP) is 1.98. The molecule has 0 aliphatic heterocycles. The first-order valence-corrected chi connectivity index (χ1v) is 10.2. The van der Waals surface area contributed by atoms with Crippen LogP contribution in [0.5, 0.6) is 0 Å². The van der Waals surface area contributed by atoms with Gasteiger partial charge in [-0.25, -0.2) is 12.7 Å². The van der Waals surface area contributed by atoms with Crippen LogP contribution in [0.4, 0.5) is 0 Å². The lowest BCUT2D eigenvalue weighted by Gasteiger charge is -2.27. The van der Waals surface area contributed by atoms with Crippen LogP contribution in [-0.4, -0.2) is 49.6 Å². The van der Waals surface area contributed by atoms with Crippen LogP contribution in [-0.2, 0) is 31.0 Å². The van der Waals surface area contributed by atoms with Crippen LogP contribution in [0.3, 0.4) is 0 Å². The fourth-order valence-electron chi connectivity index (χ4n) is 2.56. The predicted molar refractivity (Wildman–Crippen MR) is 97.8 cm³/mol. The molecule has 0 amide bonds. The number of carbonyl (C=O) groups is 2. The van der Waals surface area contributed by atoms with Crippen LogP contribution in [0.15, 0.2) is 30.3 Å². The number of nitrogens with zero attached hydrogens (tertiary/aromatic N) is 1.